The molecule has 0 aliphatic carbocycles. The van der Waals surface area contributed by atoms with E-state index in [9.17, 15) is 0 Å². The van der Waals surface area contributed by atoms with E-state index < -0.39 is 0 Å². The summed E-state index contributed by atoms with van der Waals surface area (Å²) in [4.78, 5) is 0. The summed E-state index contributed by atoms with van der Waals surface area (Å²) in [5.74, 6) is 0. The van der Waals surface area contributed by atoms with Crippen molar-refractivity contribution in [1.29, 1.82) is 0 Å². The van der Waals surface area contributed by atoms with Crippen LogP contribution in [0, 0.1) is 17.5 Å². The van der Waals surface area contributed by atoms with Crippen molar-refractivity contribution in [2.24, 2.45) is 0 Å². The van der Waals surface area contributed by atoms with E-state index in [1.54, 1.807) is 0 Å². The van der Waals surface area contributed by atoms with Crippen LogP contribution in [0.2, 0.25) is 0 Å². The van der Waals surface area contributed by atoms with Gasteiger partial charge in [-0.3, -0.25) is 4.68 Å². The molecule has 1 aromatic heterocycles. The van der Waals surface area contributed by atoms with Gasteiger partial charge in [0.1, 0.15) is 3.70 Å². The van der Waals surface area contributed by atoms with E-state index in [-0.39, 0.29) is 0 Å². The number of aromatic nitrogens is 2. The van der Waals surface area contributed by atoms with Gasteiger partial charge in [-0.2, -0.15) is 5.10 Å². The van der Waals surface area contributed by atoms with Crippen molar-refractivity contribution in [1.82, 2.24) is 9.78 Å². The standard InChI is InChI=1S/C12H12BrIN2/c1-8-4-3-5-9(2)10(8)6-16-7-11(13)12(14)15-16/h3-5,7H,6H2,1-2H3. The van der Waals surface area contributed by atoms with Gasteiger partial charge in [0.2, 0.25) is 0 Å². The SMILES string of the molecule is Cc1cccc(C)c1Cn1cc(Br)c(I)n1. The lowest BCUT2D eigenvalue weighted by Crippen LogP contribution is -2.04. The van der Waals surface area contributed by atoms with Gasteiger partial charge in [-0.15, -0.1) is 0 Å². The van der Waals surface area contributed by atoms with Gasteiger partial charge in [-0.1, -0.05) is 18.2 Å². The Hall–Kier alpha value is -0.360. The highest BCUT2D eigenvalue weighted by atomic mass is 127. The zero-order valence-corrected chi connectivity index (χ0v) is 12.9. The van der Waals surface area contributed by atoms with Crippen LogP contribution >= 0.6 is 38.5 Å². The minimum Gasteiger partial charge on any atom is -0.266 e. The first-order chi connectivity index (χ1) is 7.58. The first kappa shape index (κ1) is 12.1. The van der Waals surface area contributed by atoms with Gasteiger partial charge in [-0.05, 0) is 69.1 Å². The first-order valence-electron chi connectivity index (χ1n) is 5.01. The van der Waals surface area contributed by atoms with E-state index in [1.807, 2.05) is 10.9 Å². The second-order valence-corrected chi connectivity index (χ2v) is 5.71. The summed E-state index contributed by atoms with van der Waals surface area (Å²) in [6.45, 7) is 5.12. The van der Waals surface area contributed by atoms with E-state index in [1.165, 1.54) is 16.7 Å². The molecule has 0 fully saturated rings. The van der Waals surface area contributed by atoms with Crippen molar-refractivity contribution < 1.29 is 0 Å². The topological polar surface area (TPSA) is 17.8 Å². The zero-order valence-electron chi connectivity index (χ0n) is 9.17. The van der Waals surface area contributed by atoms with Crippen molar-refractivity contribution in [3.05, 3.63) is 49.3 Å². The van der Waals surface area contributed by atoms with E-state index in [2.05, 4.69) is 75.7 Å². The summed E-state index contributed by atoms with van der Waals surface area (Å²) in [6.07, 6.45) is 2.02. The van der Waals surface area contributed by atoms with Crippen LogP contribution in [0.4, 0.5) is 0 Å². The van der Waals surface area contributed by atoms with E-state index in [4.69, 9.17) is 0 Å². The van der Waals surface area contributed by atoms with Crippen LogP contribution in [-0.2, 0) is 6.54 Å². The number of benzene rings is 1. The molecule has 2 rings (SSSR count). The Morgan fingerprint density at radius 2 is 1.94 bits per heavy atom. The Morgan fingerprint density at radius 1 is 1.31 bits per heavy atom. The smallest absolute Gasteiger partial charge is 0.137 e. The van der Waals surface area contributed by atoms with Crippen molar-refractivity contribution in [2.75, 3.05) is 0 Å². The Kier molecular flexibility index (Phi) is 3.69. The quantitative estimate of drug-likeness (QED) is 0.710. The molecule has 0 N–H and O–H groups in total. The Morgan fingerprint density at radius 3 is 2.44 bits per heavy atom. The number of hydrogen-bond acceptors (Lipinski definition) is 1. The van der Waals surface area contributed by atoms with Crippen molar-refractivity contribution in [2.45, 2.75) is 20.4 Å². The molecule has 0 aliphatic heterocycles. The third kappa shape index (κ3) is 2.48. The number of hydrogen-bond donors (Lipinski definition) is 0. The molecule has 1 aromatic carbocycles. The minimum atomic E-state index is 0.833. The molecule has 2 nitrogen and oxygen atoms in total. The van der Waals surface area contributed by atoms with E-state index >= 15 is 0 Å². The molecule has 4 heteroatoms. The molecule has 0 radical (unpaired) electrons. The van der Waals surface area contributed by atoms with Gasteiger partial charge in [0.05, 0.1) is 11.0 Å². The van der Waals surface area contributed by atoms with Crippen LogP contribution in [0.5, 0.6) is 0 Å². The molecule has 1 heterocycles. The number of halogens is 2. The highest BCUT2D eigenvalue weighted by molar-refractivity contribution is 14.1. The number of rotatable bonds is 2. The Balaban J connectivity index is 2.33. The fourth-order valence-electron chi connectivity index (χ4n) is 1.71. The molecular weight excluding hydrogens is 379 g/mol. The van der Waals surface area contributed by atoms with Crippen LogP contribution in [0.3, 0.4) is 0 Å². The molecule has 16 heavy (non-hydrogen) atoms. The molecule has 84 valence electrons. The maximum Gasteiger partial charge on any atom is 0.137 e. The molecule has 0 amide bonds. The van der Waals surface area contributed by atoms with Gasteiger partial charge in [0.25, 0.3) is 0 Å². The molecule has 0 atom stereocenters. The minimum absolute atomic E-state index is 0.833. The molecule has 0 spiro atoms. The first-order valence-corrected chi connectivity index (χ1v) is 6.88. The van der Waals surface area contributed by atoms with Crippen molar-refractivity contribution >= 4 is 38.5 Å². The summed E-state index contributed by atoms with van der Waals surface area (Å²) >= 11 is 5.70. The van der Waals surface area contributed by atoms with Crippen LogP contribution in [0.15, 0.2) is 28.9 Å². The maximum absolute atomic E-state index is 4.44. The Labute approximate surface area is 117 Å². The maximum atomic E-state index is 4.44. The van der Waals surface area contributed by atoms with E-state index in [0.29, 0.717) is 0 Å². The highest BCUT2D eigenvalue weighted by Crippen LogP contribution is 2.19. The van der Waals surface area contributed by atoms with Crippen LogP contribution in [0.1, 0.15) is 16.7 Å². The zero-order chi connectivity index (χ0) is 11.7. The fourth-order valence-corrected chi connectivity index (χ4v) is 2.45. The normalized spacial score (nSPS) is 10.8. The van der Waals surface area contributed by atoms with Crippen LogP contribution in [-0.4, -0.2) is 9.78 Å². The lowest BCUT2D eigenvalue weighted by Gasteiger charge is -2.09. The van der Waals surface area contributed by atoms with Gasteiger partial charge >= 0.3 is 0 Å². The average Bonchev–Trinajstić information content (AvgIpc) is 2.53. The molecule has 0 saturated carbocycles. The highest BCUT2D eigenvalue weighted by Gasteiger charge is 2.06. The summed E-state index contributed by atoms with van der Waals surface area (Å²) in [5.41, 5.74) is 4.00. The summed E-state index contributed by atoms with van der Waals surface area (Å²) in [6, 6.07) is 6.38. The monoisotopic (exact) mass is 390 g/mol. The number of aryl methyl sites for hydroxylation is 2. The second kappa shape index (κ2) is 4.87. The summed E-state index contributed by atoms with van der Waals surface area (Å²) < 4.78 is 4.03. The molecule has 0 unspecified atom stereocenters. The molecule has 0 bridgehead atoms. The van der Waals surface area contributed by atoms with Gasteiger partial charge < -0.3 is 0 Å². The predicted molar refractivity (Wildman–Crippen MR) is 77.7 cm³/mol. The molecule has 0 saturated heterocycles. The Bertz CT molecular complexity index is 480. The molecule has 2 aromatic rings. The third-order valence-electron chi connectivity index (χ3n) is 2.64. The fraction of sp³-hybridized carbons (Fsp3) is 0.250. The predicted octanol–water partition coefficient (Wildman–Crippen LogP) is 3.92. The van der Waals surface area contributed by atoms with Crippen molar-refractivity contribution in [3.63, 3.8) is 0 Å². The van der Waals surface area contributed by atoms with Crippen molar-refractivity contribution in [3.8, 4) is 0 Å². The molecular formula is C12H12BrIN2. The summed E-state index contributed by atoms with van der Waals surface area (Å²) in [5, 5.41) is 4.44. The average molecular weight is 391 g/mol. The molecule has 0 aliphatic rings. The van der Waals surface area contributed by atoms with Gasteiger partial charge in [0.15, 0.2) is 0 Å². The third-order valence-corrected chi connectivity index (χ3v) is 4.76. The van der Waals surface area contributed by atoms with Crippen LogP contribution in [0.25, 0.3) is 0 Å². The van der Waals surface area contributed by atoms with E-state index in [0.717, 1.165) is 14.7 Å². The lowest BCUT2D eigenvalue weighted by molar-refractivity contribution is 0.675. The second-order valence-electron chi connectivity index (χ2n) is 3.84. The van der Waals surface area contributed by atoms with Gasteiger partial charge in [-0.25, -0.2) is 0 Å². The van der Waals surface area contributed by atoms with Crippen LogP contribution < -0.4 is 0 Å². The number of nitrogens with zero attached hydrogens (tertiary/aromatic N) is 2. The lowest BCUT2D eigenvalue weighted by atomic mass is 10.0. The largest absolute Gasteiger partial charge is 0.266 e. The summed E-state index contributed by atoms with van der Waals surface area (Å²) in [7, 11) is 0. The van der Waals surface area contributed by atoms with Gasteiger partial charge in [0, 0.05) is 6.20 Å².